The van der Waals surface area contributed by atoms with Crippen molar-refractivity contribution >= 4 is 22.9 Å². The Labute approximate surface area is 148 Å². The normalized spacial score (nSPS) is 11.4. The van der Waals surface area contributed by atoms with E-state index in [-0.39, 0.29) is 16.9 Å². The Morgan fingerprint density at radius 2 is 1.67 bits per heavy atom. The van der Waals surface area contributed by atoms with Gasteiger partial charge in [-0.05, 0) is 42.5 Å². The molecule has 0 amide bonds. The van der Waals surface area contributed by atoms with Crippen molar-refractivity contribution in [3.8, 4) is 5.75 Å². The first-order valence-electron chi connectivity index (χ1n) is 7.36. The van der Waals surface area contributed by atoms with Crippen molar-refractivity contribution in [3.63, 3.8) is 0 Å². The van der Waals surface area contributed by atoms with Gasteiger partial charge in [0.2, 0.25) is 0 Å². The van der Waals surface area contributed by atoms with Gasteiger partial charge in [0.1, 0.15) is 16.9 Å². The lowest BCUT2D eigenvalue weighted by atomic mass is 10.1. The molecule has 0 unspecified atom stereocenters. The third-order valence-corrected chi connectivity index (χ3v) is 3.60. The van der Waals surface area contributed by atoms with Crippen LogP contribution in [0.3, 0.4) is 0 Å². The summed E-state index contributed by atoms with van der Waals surface area (Å²) in [6, 6.07) is 8.48. The van der Waals surface area contributed by atoms with Crippen molar-refractivity contribution in [2.24, 2.45) is 0 Å². The van der Waals surface area contributed by atoms with E-state index in [0.29, 0.717) is 5.39 Å². The Morgan fingerprint density at radius 3 is 2.26 bits per heavy atom. The van der Waals surface area contributed by atoms with Crippen molar-refractivity contribution < 1.29 is 37.0 Å². The van der Waals surface area contributed by atoms with Crippen LogP contribution in [-0.2, 0) is 6.18 Å². The fourth-order valence-corrected chi connectivity index (χ4v) is 2.27. The summed E-state index contributed by atoms with van der Waals surface area (Å²) in [5.74, 6) is -2.38. The highest BCUT2D eigenvalue weighted by atomic mass is 19.4. The number of ether oxygens (including phenoxy) is 1. The van der Waals surface area contributed by atoms with Crippen LogP contribution >= 0.6 is 0 Å². The van der Waals surface area contributed by atoms with Crippen LogP contribution in [0, 0.1) is 0 Å². The number of carbonyl (C=O) groups is 2. The number of rotatable bonds is 3. The Bertz CT molecular complexity index is 1100. The topological polar surface area (TPSA) is 93.8 Å². The predicted octanol–water partition coefficient (Wildman–Crippen LogP) is 3.73. The summed E-state index contributed by atoms with van der Waals surface area (Å²) in [4.78, 5) is 34.6. The molecule has 0 atom stereocenters. The standard InChI is InChI=1S/C18H9F3O6/c19-18(20,21)11-4-1-9(2-5-11)16(24)26-12-6-3-10-7-13(15(22)23)17(25)27-14(10)8-12/h1-8H,(H,22,23). The van der Waals surface area contributed by atoms with Crippen molar-refractivity contribution in [1.29, 1.82) is 0 Å². The summed E-state index contributed by atoms with van der Waals surface area (Å²) >= 11 is 0. The van der Waals surface area contributed by atoms with Crippen LogP contribution in [0.4, 0.5) is 13.2 Å². The molecule has 1 aromatic heterocycles. The second kappa shape index (κ2) is 6.60. The molecular weight excluding hydrogens is 369 g/mol. The lowest BCUT2D eigenvalue weighted by Crippen LogP contribution is -2.13. The summed E-state index contributed by atoms with van der Waals surface area (Å²) < 4.78 is 47.5. The molecular formula is C18H9F3O6. The molecule has 0 fully saturated rings. The minimum atomic E-state index is -4.52. The number of hydrogen-bond acceptors (Lipinski definition) is 5. The van der Waals surface area contributed by atoms with E-state index < -0.39 is 34.9 Å². The molecule has 1 N–H and O–H groups in total. The molecule has 0 aliphatic rings. The number of fused-ring (bicyclic) bond motifs is 1. The number of carbonyl (C=O) groups excluding carboxylic acids is 1. The van der Waals surface area contributed by atoms with Gasteiger partial charge >= 0.3 is 23.7 Å². The van der Waals surface area contributed by atoms with Gasteiger partial charge < -0.3 is 14.3 Å². The molecule has 0 saturated heterocycles. The van der Waals surface area contributed by atoms with E-state index in [1.165, 1.54) is 18.2 Å². The highest BCUT2D eigenvalue weighted by molar-refractivity contribution is 5.93. The minimum absolute atomic E-state index is 0.0114. The highest BCUT2D eigenvalue weighted by Gasteiger charge is 2.30. The predicted molar refractivity (Wildman–Crippen MR) is 85.8 cm³/mol. The summed E-state index contributed by atoms with van der Waals surface area (Å²) in [5, 5.41) is 9.19. The molecule has 0 saturated carbocycles. The zero-order valence-corrected chi connectivity index (χ0v) is 13.2. The van der Waals surface area contributed by atoms with Crippen molar-refractivity contribution in [1.82, 2.24) is 0 Å². The van der Waals surface area contributed by atoms with E-state index in [1.807, 2.05) is 0 Å². The van der Waals surface area contributed by atoms with Crippen LogP contribution in [-0.4, -0.2) is 17.0 Å². The summed E-state index contributed by atoms with van der Waals surface area (Å²) in [5.41, 5.74) is -2.63. The first kappa shape index (κ1) is 18.2. The fraction of sp³-hybridized carbons (Fsp3) is 0.0556. The molecule has 9 heteroatoms. The van der Waals surface area contributed by atoms with Crippen LogP contribution in [0.1, 0.15) is 26.3 Å². The number of aromatic carboxylic acids is 1. The van der Waals surface area contributed by atoms with Gasteiger partial charge in [0.05, 0.1) is 11.1 Å². The summed E-state index contributed by atoms with van der Waals surface area (Å²) in [6.07, 6.45) is -4.52. The average Bonchev–Trinajstić information content (AvgIpc) is 2.60. The SMILES string of the molecule is O=C(Oc1ccc2cc(C(=O)O)c(=O)oc2c1)c1ccc(C(F)(F)F)cc1. The Hall–Kier alpha value is -3.62. The molecule has 0 spiro atoms. The van der Waals surface area contributed by atoms with Crippen molar-refractivity contribution in [2.45, 2.75) is 6.18 Å². The van der Waals surface area contributed by atoms with Crippen LogP contribution in [0.5, 0.6) is 5.75 Å². The Kier molecular flexibility index (Phi) is 4.44. The molecule has 3 aromatic rings. The van der Waals surface area contributed by atoms with Gasteiger partial charge in [-0.2, -0.15) is 13.2 Å². The molecule has 6 nitrogen and oxygen atoms in total. The Morgan fingerprint density at radius 1 is 1.00 bits per heavy atom. The van der Waals surface area contributed by atoms with Gasteiger partial charge in [0.15, 0.2) is 0 Å². The van der Waals surface area contributed by atoms with Crippen LogP contribution in [0.15, 0.2) is 57.7 Å². The second-order valence-corrected chi connectivity index (χ2v) is 5.42. The first-order valence-corrected chi connectivity index (χ1v) is 7.36. The van der Waals surface area contributed by atoms with Gasteiger partial charge in [-0.15, -0.1) is 0 Å². The van der Waals surface area contributed by atoms with Crippen molar-refractivity contribution in [2.75, 3.05) is 0 Å². The van der Waals surface area contributed by atoms with E-state index >= 15 is 0 Å². The van der Waals surface area contributed by atoms with Gasteiger partial charge in [-0.1, -0.05) is 0 Å². The number of carboxylic acid groups (broad SMARTS) is 1. The molecule has 0 bridgehead atoms. The number of alkyl halides is 3. The zero-order valence-electron chi connectivity index (χ0n) is 13.2. The third-order valence-electron chi connectivity index (χ3n) is 3.60. The number of esters is 1. The first-order chi connectivity index (χ1) is 12.6. The van der Waals surface area contributed by atoms with Crippen LogP contribution < -0.4 is 10.4 Å². The zero-order chi connectivity index (χ0) is 19.8. The molecule has 0 radical (unpaired) electrons. The lowest BCUT2D eigenvalue weighted by molar-refractivity contribution is -0.137. The van der Waals surface area contributed by atoms with E-state index in [4.69, 9.17) is 14.3 Å². The molecule has 1 heterocycles. The molecule has 0 aliphatic carbocycles. The largest absolute Gasteiger partial charge is 0.477 e. The van der Waals surface area contributed by atoms with Gasteiger partial charge in [-0.25, -0.2) is 14.4 Å². The minimum Gasteiger partial charge on any atom is -0.477 e. The number of hydrogen-bond donors (Lipinski definition) is 1. The Balaban J connectivity index is 1.85. The molecule has 27 heavy (non-hydrogen) atoms. The van der Waals surface area contributed by atoms with Crippen LogP contribution in [0.25, 0.3) is 11.0 Å². The van der Waals surface area contributed by atoms with Gasteiger partial charge in [-0.3, -0.25) is 0 Å². The number of halogens is 3. The van der Waals surface area contributed by atoms with Crippen LogP contribution in [0.2, 0.25) is 0 Å². The average molecular weight is 378 g/mol. The molecule has 2 aromatic carbocycles. The fourth-order valence-electron chi connectivity index (χ4n) is 2.27. The number of carboxylic acids is 1. The summed E-state index contributed by atoms with van der Waals surface area (Å²) in [7, 11) is 0. The third kappa shape index (κ3) is 3.81. The van der Waals surface area contributed by atoms with Gasteiger partial charge in [0, 0.05) is 11.5 Å². The second-order valence-electron chi connectivity index (χ2n) is 5.42. The molecule has 3 rings (SSSR count). The van der Waals surface area contributed by atoms with E-state index in [1.54, 1.807) is 0 Å². The maximum atomic E-state index is 12.5. The smallest absolute Gasteiger partial charge is 0.416 e. The molecule has 138 valence electrons. The van der Waals surface area contributed by atoms with Crippen molar-refractivity contribution in [3.05, 3.63) is 75.6 Å². The summed E-state index contributed by atoms with van der Waals surface area (Å²) in [6.45, 7) is 0. The molecule has 0 aliphatic heterocycles. The number of benzene rings is 2. The quantitative estimate of drug-likeness (QED) is 0.424. The highest BCUT2D eigenvalue weighted by Crippen LogP contribution is 2.29. The lowest BCUT2D eigenvalue weighted by Gasteiger charge is -2.08. The van der Waals surface area contributed by atoms with E-state index in [0.717, 1.165) is 30.3 Å². The van der Waals surface area contributed by atoms with E-state index in [2.05, 4.69) is 0 Å². The monoisotopic (exact) mass is 378 g/mol. The van der Waals surface area contributed by atoms with Gasteiger partial charge in [0.25, 0.3) is 0 Å². The maximum absolute atomic E-state index is 12.5. The maximum Gasteiger partial charge on any atom is 0.416 e. The van der Waals surface area contributed by atoms with E-state index in [9.17, 15) is 27.6 Å².